The maximum atomic E-state index is 11.6. The van der Waals surface area contributed by atoms with Crippen LogP contribution < -0.4 is 23.7 Å². The molecule has 0 bridgehead atoms. The van der Waals surface area contributed by atoms with Crippen molar-refractivity contribution < 1.29 is 28.8 Å². The van der Waals surface area contributed by atoms with Gasteiger partial charge in [0.05, 0.1) is 41.7 Å². The van der Waals surface area contributed by atoms with Gasteiger partial charge in [0.15, 0.2) is 0 Å². The summed E-state index contributed by atoms with van der Waals surface area (Å²) in [6, 6.07) is 17.4. The molecule has 1 aliphatic rings. The Labute approximate surface area is 188 Å². The zero-order valence-electron chi connectivity index (χ0n) is 18.9. The summed E-state index contributed by atoms with van der Waals surface area (Å²) in [5.41, 5.74) is 3.68. The second kappa shape index (κ2) is 9.01. The topological polar surface area (TPSA) is 66.4 Å². The number of methoxy groups -OCH3 is 5. The summed E-state index contributed by atoms with van der Waals surface area (Å²) in [5, 5.41) is 11.6. The summed E-state index contributed by atoms with van der Waals surface area (Å²) in [4.78, 5) is 0. The first-order chi connectivity index (χ1) is 15.5. The quantitative estimate of drug-likeness (QED) is 0.580. The van der Waals surface area contributed by atoms with Gasteiger partial charge in [0.25, 0.3) is 0 Å². The number of ether oxygens (including phenoxy) is 5. The van der Waals surface area contributed by atoms with E-state index >= 15 is 0 Å². The van der Waals surface area contributed by atoms with Gasteiger partial charge in [-0.25, -0.2) is 0 Å². The summed E-state index contributed by atoms with van der Waals surface area (Å²) >= 11 is 0. The molecule has 6 nitrogen and oxygen atoms in total. The Kier molecular flexibility index (Phi) is 6.15. The van der Waals surface area contributed by atoms with E-state index < -0.39 is 6.10 Å². The Bertz CT molecular complexity index is 1070. The largest absolute Gasteiger partial charge is 0.497 e. The predicted molar refractivity (Wildman–Crippen MR) is 122 cm³/mol. The zero-order chi connectivity index (χ0) is 22.8. The van der Waals surface area contributed by atoms with Crippen molar-refractivity contribution in [2.24, 2.45) is 0 Å². The number of aliphatic hydroxyl groups excluding tert-OH is 1. The summed E-state index contributed by atoms with van der Waals surface area (Å²) in [6.45, 7) is 0. The zero-order valence-corrected chi connectivity index (χ0v) is 18.9. The molecule has 0 heterocycles. The molecule has 0 saturated heterocycles. The first kappa shape index (κ1) is 21.8. The van der Waals surface area contributed by atoms with Gasteiger partial charge >= 0.3 is 0 Å². The molecule has 168 valence electrons. The highest BCUT2D eigenvalue weighted by atomic mass is 16.5. The Morgan fingerprint density at radius 3 is 1.69 bits per heavy atom. The van der Waals surface area contributed by atoms with E-state index in [0.29, 0.717) is 23.0 Å². The minimum Gasteiger partial charge on any atom is -0.497 e. The van der Waals surface area contributed by atoms with Crippen molar-refractivity contribution in [1.82, 2.24) is 0 Å². The van der Waals surface area contributed by atoms with Crippen LogP contribution >= 0.6 is 0 Å². The molecule has 6 heteroatoms. The maximum Gasteiger partial charge on any atom is 0.126 e. The van der Waals surface area contributed by atoms with Crippen molar-refractivity contribution in [2.45, 2.75) is 17.9 Å². The molecule has 3 atom stereocenters. The van der Waals surface area contributed by atoms with Gasteiger partial charge in [-0.05, 0) is 47.0 Å². The number of hydrogen-bond acceptors (Lipinski definition) is 6. The minimum absolute atomic E-state index is 0.163. The van der Waals surface area contributed by atoms with Crippen LogP contribution in [-0.4, -0.2) is 40.7 Å². The highest BCUT2D eigenvalue weighted by Gasteiger charge is 2.44. The molecule has 0 saturated carbocycles. The fourth-order valence-corrected chi connectivity index (χ4v) is 4.62. The van der Waals surface area contributed by atoms with E-state index in [1.165, 1.54) is 0 Å². The van der Waals surface area contributed by atoms with Crippen molar-refractivity contribution >= 4 is 0 Å². The summed E-state index contributed by atoms with van der Waals surface area (Å²) in [5.74, 6) is 2.97. The number of fused-ring (bicyclic) bond motifs is 1. The van der Waals surface area contributed by atoms with Crippen LogP contribution in [0.4, 0.5) is 0 Å². The van der Waals surface area contributed by atoms with Crippen molar-refractivity contribution in [3.05, 3.63) is 76.9 Å². The molecule has 1 N–H and O–H groups in total. The van der Waals surface area contributed by atoms with Crippen LogP contribution in [0.2, 0.25) is 0 Å². The van der Waals surface area contributed by atoms with Crippen LogP contribution in [0.15, 0.2) is 54.6 Å². The molecule has 0 aromatic heterocycles. The van der Waals surface area contributed by atoms with Gasteiger partial charge in [0.2, 0.25) is 0 Å². The molecule has 0 spiro atoms. The minimum atomic E-state index is -0.780. The smallest absolute Gasteiger partial charge is 0.126 e. The monoisotopic (exact) mass is 436 g/mol. The highest BCUT2D eigenvalue weighted by Crippen LogP contribution is 2.58. The van der Waals surface area contributed by atoms with Crippen molar-refractivity contribution in [1.29, 1.82) is 0 Å². The lowest BCUT2D eigenvalue weighted by Crippen LogP contribution is -2.12. The molecule has 3 aromatic rings. The average molecular weight is 437 g/mol. The summed E-state index contributed by atoms with van der Waals surface area (Å²) in [6.07, 6.45) is -0.780. The molecule has 32 heavy (non-hydrogen) atoms. The second-order valence-electron chi connectivity index (χ2n) is 7.70. The Morgan fingerprint density at radius 2 is 1.16 bits per heavy atom. The third-order valence-electron chi connectivity index (χ3n) is 6.17. The number of hydrogen-bond donors (Lipinski definition) is 1. The maximum absolute atomic E-state index is 11.6. The first-order valence-corrected chi connectivity index (χ1v) is 10.3. The van der Waals surface area contributed by atoms with E-state index in [9.17, 15) is 5.11 Å². The van der Waals surface area contributed by atoms with Gasteiger partial charge < -0.3 is 28.8 Å². The fourth-order valence-electron chi connectivity index (χ4n) is 4.62. The molecule has 0 fully saturated rings. The third kappa shape index (κ3) is 3.71. The molecule has 0 amide bonds. The van der Waals surface area contributed by atoms with Gasteiger partial charge in [-0.1, -0.05) is 12.1 Å². The molecular formula is C26H28O6. The molecule has 1 aliphatic carbocycles. The molecule has 4 rings (SSSR count). The molecule has 0 aliphatic heterocycles. The highest BCUT2D eigenvalue weighted by molar-refractivity contribution is 5.60. The molecule has 0 radical (unpaired) electrons. The Balaban J connectivity index is 1.95. The number of benzene rings is 3. The van der Waals surface area contributed by atoms with Crippen LogP contribution in [0.3, 0.4) is 0 Å². The van der Waals surface area contributed by atoms with Crippen molar-refractivity contribution in [3.8, 4) is 28.7 Å². The fraction of sp³-hybridized carbons (Fsp3) is 0.308. The molecule has 0 unspecified atom stereocenters. The van der Waals surface area contributed by atoms with E-state index in [1.807, 2.05) is 54.6 Å². The van der Waals surface area contributed by atoms with E-state index in [4.69, 9.17) is 23.7 Å². The molecule has 3 aromatic carbocycles. The first-order valence-electron chi connectivity index (χ1n) is 10.3. The number of aliphatic hydroxyl groups is 1. The lowest BCUT2D eigenvalue weighted by atomic mass is 9.80. The predicted octanol–water partition coefficient (Wildman–Crippen LogP) is 4.69. The standard InChI is InChI=1S/C26H28O6/c1-28-17-8-6-15(7-9-17)23-24(16-10-18(29-2)12-19(11-16)30-3)26(27)21-13-20(31-4)14-22(32-5)25(21)23/h6-14,23-24,26-27H,1-5H3/t23-,24-,26-/m0/s1. The van der Waals surface area contributed by atoms with E-state index in [1.54, 1.807) is 35.5 Å². The van der Waals surface area contributed by atoms with Crippen molar-refractivity contribution in [2.75, 3.05) is 35.5 Å². The van der Waals surface area contributed by atoms with Gasteiger partial charge in [-0.15, -0.1) is 0 Å². The lowest BCUT2D eigenvalue weighted by molar-refractivity contribution is 0.152. The summed E-state index contributed by atoms with van der Waals surface area (Å²) < 4.78 is 27.6. The van der Waals surface area contributed by atoms with Crippen LogP contribution in [0, 0.1) is 0 Å². The lowest BCUT2D eigenvalue weighted by Gasteiger charge is -2.25. The summed E-state index contributed by atoms with van der Waals surface area (Å²) in [7, 11) is 8.12. The molecular weight excluding hydrogens is 408 g/mol. The van der Waals surface area contributed by atoms with E-state index in [2.05, 4.69) is 0 Å². The van der Waals surface area contributed by atoms with E-state index in [0.717, 1.165) is 28.0 Å². The normalized spacial score (nSPS) is 19.2. The number of rotatable bonds is 7. The van der Waals surface area contributed by atoms with Crippen LogP contribution in [0.5, 0.6) is 28.7 Å². The average Bonchev–Trinajstić information content (AvgIpc) is 3.15. The Morgan fingerprint density at radius 1 is 0.594 bits per heavy atom. The van der Waals surface area contributed by atoms with Crippen LogP contribution in [0.25, 0.3) is 0 Å². The van der Waals surface area contributed by atoms with Crippen LogP contribution in [-0.2, 0) is 0 Å². The van der Waals surface area contributed by atoms with Crippen molar-refractivity contribution in [3.63, 3.8) is 0 Å². The van der Waals surface area contributed by atoms with E-state index in [-0.39, 0.29) is 11.8 Å². The Hall–Kier alpha value is -3.38. The van der Waals surface area contributed by atoms with Crippen LogP contribution in [0.1, 0.15) is 40.2 Å². The van der Waals surface area contributed by atoms with Gasteiger partial charge in [0, 0.05) is 29.5 Å². The van der Waals surface area contributed by atoms with Gasteiger partial charge in [0.1, 0.15) is 28.7 Å². The second-order valence-corrected chi connectivity index (χ2v) is 7.70. The van der Waals surface area contributed by atoms with Gasteiger partial charge in [-0.2, -0.15) is 0 Å². The SMILES string of the molecule is COc1ccc([C@@H]2c3c(OC)cc(OC)cc3[C@H](O)[C@H]2c2cc(OC)cc(OC)c2)cc1. The van der Waals surface area contributed by atoms with Gasteiger partial charge in [-0.3, -0.25) is 0 Å². The third-order valence-corrected chi connectivity index (χ3v) is 6.17.